The maximum atomic E-state index is 12.7. The van der Waals surface area contributed by atoms with Gasteiger partial charge in [0, 0.05) is 44.1 Å². The van der Waals surface area contributed by atoms with Crippen molar-refractivity contribution < 1.29 is 8.42 Å². The highest BCUT2D eigenvalue weighted by Crippen LogP contribution is 2.28. The Labute approximate surface area is 130 Å². The van der Waals surface area contributed by atoms with E-state index in [1.54, 1.807) is 17.8 Å². The van der Waals surface area contributed by atoms with Crippen LogP contribution in [0.15, 0.2) is 35.9 Å². The monoisotopic (exact) mass is 320 g/mol. The van der Waals surface area contributed by atoms with Crippen molar-refractivity contribution in [3.05, 3.63) is 42.1 Å². The van der Waals surface area contributed by atoms with Gasteiger partial charge in [-0.25, -0.2) is 13.4 Å². The lowest BCUT2D eigenvalue weighted by atomic mass is 9.95. The molecule has 0 N–H and O–H groups in total. The zero-order valence-electron chi connectivity index (χ0n) is 12.8. The zero-order valence-corrected chi connectivity index (χ0v) is 13.6. The van der Waals surface area contributed by atoms with Crippen molar-refractivity contribution in [2.75, 3.05) is 13.1 Å². The smallest absolute Gasteiger partial charge is 0.262 e. The van der Waals surface area contributed by atoms with Crippen molar-refractivity contribution in [1.82, 2.24) is 18.8 Å². The third kappa shape index (κ3) is 2.91. The number of aromatic nitrogens is 3. The number of sulfonamides is 1. The number of nitrogens with zero attached hydrogens (tertiary/aromatic N) is 4. The van der Waals surface area contributed by atoms with E-state index in [1.165, 1.54) is 10.6 Å². The average molecular weight is 320 g/mol. The van der Waals surface area contributed by atoms with Crippen molar-refractivity contribution in [2.24, 2.45) is 7.05 Å². The number of imidazole rings is 1. The molecule has 0 saturated carbocycles. The number of piperidine rings is 1. The van der Waals surface area contributed by atoms with Crippen LogP contribution in [0.3, 0.4) is 0 Å². The van der Waals surface area contributed by atoms with Gasteiger partial charge < -0.3 is 4.57 Å². The molecule has 3 heterocycles. The topological polar surface area (TPSA) is 68.1 Å². The fraction of sp³-hybridized carbons (Fsp3) is 0.467. The highest BCUT2D eigenvalue weighted by molar-refractivity contribution is 7.89. The van der Waals surface area contributed by atoms with E-state index in [9.17, 15) is 8.42 Å². The summed E-state index contributed by atoms with van der Waals surface area (Å²) in [5.74, 6) is 0.146. The Morgan fingerprint density at radius 2 is 2.09 bits per heavy atom. The molecule has 2 aromatic heterocycles. The summed E-state index contributed by atoms with van der Waals surface area (Å²) in [6, 6.07) is 4.02. The Bertz CT molecular complexity index is 752. The summed E-state index contributed by atoms with van der Waals surface area (Å²) in [5.41, 5.74) is 2.07. The Morgan fingerprint density at radius 1 is 1.27 bits per heavy atom. The van der Waals surface area contributed by atoms with E-state index in [-0.39, 0.29) is 10.9 Å². The van der Waals surface area contributed by atoms with Crippen LogP contribution in [-0.4, -0.2) is 40.3 Å². The molecule has 0 spiro atoms. The number of hydrogen-bond donors (Lipinski definition) is 0. The molecule has 1 atom stereocenters. The molecule has 22 heavy (non-hydrogen) atoms. The van der Waals surface area contributed by atoms with E-state index in [4.69, 9.17) is 0 Å². The third-order valence-corrected chi connectivity index (χ3v) is 5.77. The lowest BCUT2D eigenvalue weighted by molar-refractivity contribution is 0.312. The SMILES string of the molecule is Cc1ccc([C@H]2CCCN(S(=O)(=O)c3cn(C)cn3)C2)nc1. The molecule has 1 saturated heterocycles. The Balaban J connectivity index is 1.82. The normalized spacial score (nSPS) is 20.2. The first-order valence-corrected chi connectivity index (χ1v) is 8.81. The molecule has 3 rings (SSSR count). The van der Waals surface area contributed by atoms with Gasteiger partial charge in [0.25, 0.3) is 10.0 Å². The van der Waals surface area contributed by atoms with Gasteiger partial charge in [0.2, 0.25) is 0 Å². The van der Waals surface area contributed by atoms with Crippen LogP contribution in [0.2, 0.25) is 0 Å². The lowest BCUT2D eigenvalue weighted by Gasteiger charge is -2.31. The molecule has 2 aromatic rings. The molecule has 1 aliphatic heterocycles. The number of hydrogen-bond acceptors (Lipinski definition) is 4. The van der Waals surface area contributed by atoms with Gasteiger partial charge in [0.15, 0.2) is 5.03 Å². The molecule has 1 aliphatic rings. The van der Waals surface area contributed by atoms with Crippen LogP contribution in [0.25, 0.3) is 0 Å². The van der Waals surface area contributed by atoms with Crippen LogP contribution in [0.4, 0.5) is 0 Å². The Kier molecular flexibility index (Phi) is 4.01. The second kappa shape index (κ2) is 5.81. The maximum absolute atomic E-state index is 12.7. The van der Waals surface area contributed by atoms with Crippen molar-refractivity contribution >= 4 is 10.0 Å². The molecule has 118 valence electrons. The van der Waals surface area contributed by atoms with Gasteiger partial charge in [0.1, 0.15) is 0 Å². The summed E-state index contributed by atoms with van der Waals surface area (Å²) >= 11 is 0. The second-order valence-corrected chi connectivity index (χ2v) is 7.72. The van der Waals surface area contributed by atoms with Crippen molar-refractivity contribution in [3.8, 4) is 0 Å². The van der Waals surface area contributed by atoms with Crippen LogP contribution in [0.5, 0.6) is 0 Å². The van der Waals surface area contributed by atoms with Gasteiger partial charge in [-0.05, 0) is 31.4 Å². The lowest BCUT2D eigenvalue weighted by Crippen LogP contribution is -2.39. The molecule has 0 aromatic carbocycles. The minimum atomic E-state index is -3.52. The van der Waals surface area contributed by atoms with E-state index in [0.29, 0.717) is 13.1 Å². The predicted octanol–water partition coefficient (Wildman–Crippen LogP) is 1.69. The van der Waals surface area contributed by atoms with Crippen LogP contribution in [-0.2, 0) is 17.1 Å². The molecule has 0 unspecified atom stereocenters. The fourth-order valence-corrected chi connectivity index (χ4v) is 4.27. The molecule has 6 nitrogen and oxygen atoms in total. The summed E-state index contributed by atoms with van der Waals surface area (Å²) in [7, 11) is -1.75. The summed E-state index contributed by atoms with van der Waals surface area (Å²) in [6.45, 7) is 3.01. The Hall–Kier alpha value is -1.73. The van der Waals surface area contributed by atoms with Gasteiger partial charge in [-0.1, -0.05) is 6.07 Å². The van der Waals surface area contributed by atoms with Crippen molar-refractivity contribution in [3.63, 3.8) is 0 Å². The highest BCUT2D eigenvalue weighted by atomic mass is 32.2. The first kappa shape index (κ1) is 15.2. The molecule has 7 heteroatoms. The minimum absolute atomic E-state index is 0.118. The van der Waals surface area contributed by atoms with Gasteiger partial charge in [0.05, 0.1) is 6.33 Å². The van der Waals surface area contributed by atoms with Gasteiger partial charge in [-0.15, -0.1) is 0 Å². The van der Waals surface area contributed by atoms with Crippen molar-refractivity contribution in [1.29, 1.82) is 0 Å². The van der Waals surface area contributed by atoms with Crippen LogP contribution in [0.1, 0.15) is 30.0 Å². The van der Waals surface area contributed by atoms with E-state index in [0.717, 1.165) is 24.1 Å². The number of rotatable bonds is 3. The summed E-state index contributed by atoms with van der Waals surface area (Å²) < 4.78 is 28.5. The summed E-state index contributed by atoms with van der Waals surface area (Å²) in [5, 5.41) is 0.118. The highest BCUT2D eigenvalue weighted by Gasteiger charge is 2.32. The summed E-state index contributed by atoms with van der Waals surface area (Å²) in [4.78, 5) is 8.44. The van der Waals surface area contributed by atoms with E-state index in [2.05, 4.69) is 9.97 Å². The van der Waals surface area contributed by atoms with E-state index >= 15 is 0 Å². The van der Waals surface area contributed by atoms with Gasteiger partial charge >= 0.3 is 0 Å². The minimum Gasteiger partial charge on any atom is -0.339 e. The number of pyridine rings is 1. The van der Waals surface area contributed by atoms with Gasteiger partial charge in [-0.3, -0.25) is 4.98 Å². The average Bonchev–Trinajstić information content (AvgIpc) is 2.95. The van der Waals surface area contributed by atoms with Crippen LogP contribution >= 0.6 is 0 Å². The standard InChI is InChI=1S/C15H20N4O2S/c1-12-5-6-14(16-8-12)13-4-3-7-19(9-13)22(20,21)15-10-18(2)11-17-15/h5-6,8,10-11,13H,3-4,7,9H2,1-2H3/t13-/m0/s1. The van der Waals surface area contributed by atoms with E-state index < -0.39 is 10.0 Å². The summed E-state index contributed by atoms with van der Waals surface area (Å²) in [6.07, 6.45) is 6.69. The third-order valence-electron chi connectivity index (χ3n) is 4.02. The molecule has 0 bridgehead atoms. The molecule has 1 fully saturated rings. The van der Waals surface area contributed by atoms with Crippen LogP contribution in [0, 0.1) is 6.92 Å². The predicted molar refractivity (Wildman–Crippen MR) is 82.9 cm³/mol. The van der Waals surface area contributed by atoms with E-state index in [1.807, 2.05) is 25.3 Å². The molecule has 0 amide bonds. The fourth-order valence-electron chi connectivity index (χ4n) is 2.78. The second-order valence-electron chi connectivity index (χ2n) is 5.84. The largest absolute Gasteiger partial charge is 0.339 e. The van der Waals surface area contributed by atoms with Crippen molar-refractivity contribution in [2.45, 2.75) is 30.7 Å². The number of aryl methyl sites for hydroxylation is 2. The quantitative estimate of drug-likeness (QED) is 0.863. The maximum Gasteiger partial charge on any atom is 0.262 e. The molecular formula is C15H20N4O2S. The molecule has 0 aliphatic carbocycles. The first-order valence-electron chi connectivity index (χ1n) is 7.37. The Morgan fingerprint density at radius 3 is 2.73 bits per heavy atom. The molecule has 0 radical (unpaired) electrons. The zero-order chi connectivity index (χ0) is 15.7. The first-order chi connectivity index (χ1) is 10.5. The molecular weight excluding hydrogens is 300 g/mol. The van der Waals surface area contributed by atoms with Crippen LogP contribution < -0.4 is 0 Å². The van der Waals surface area contributed by atoms with Gasteiger partial charge in [-0.2, -0.15) is 4.31 Å².